The number of carbonyl (C=O) groups excluding carboxylic acids is 2. The number of rotatable bonds is 3. The number of carbonyl (C=O) groups is 2. The Morgan fingerprint density at radius 1 is 1.19 bits per heavy atom. The number of nitrogens with zero attached hydrogens (tertiary/aromatic N) is 1. The molecule has 0 spiro atoms. The zero-order chi connectivity index (χ0) is 14.7. The number of benzene rings is 1. The first kappa shape index (κ1) is 13.7. The predicted octanol–water partition coefficient (Wildman–Crippen LogP) is 2.28. The standard InChI is InChI=1S/C15H20N4O2/c20-14(17-11-3-1-2-4-11)18-12-5-7-13(8-6-12)19-10-9-16-15(19)21/h5-8,11H,1-4,9-10H2,(H,16,21)(H2,17,18,20). The summed E-state index contributed by atoms with van der Waals surface area (Å²) in [6, 6.07) is 7.39. The molecule has 0 aromatic heterocycles. The minimum absolute atomic E-state index is 0.0744. The Morgan fingerprint density at radius 3 is 2.52 bits per heavy atom. The van der Waals surface area contributed by atoms with Gasteiger partial charge in [-0.25, -0.2) is 9.59 Å². The molecule has 0 atom stereocenters. The third kappa shape index (κ3) is 3.26. The first-order valence-electron chi connectivity index (χ1n) is 7.45. The van der Waals surface area contributed by atoms with Gasteiger partial charge in [-0.1, -0.05) is 12.8 Å². The van der Waals surface area contributed by atoms with E-state index in [1.807, 2.05) is 24.3 Å². The van der Waals surface area contributed by atoms with E-state index in [9.17, 15) is 9.59 Å². The molecule has 4 amide bonds. The van der Waals surface area contributed by atoms with Gasteiger partial charge >= 0.3 is 12.1 Å². The quantitative estimate of drug-likeness (QED) is 0.798. The van der Waals surface area contributed by atoms with Crippen LogP contribution in [-0.4, -0.2) is 31.2 Å². The van der Waals surface area contributed by atoms with Gasteiger partial charge in [0.25, 0.3) is 0 Å². The van der Waals surface area contributed by atoms with Crippen molar-refractivity contribution in [2.24, 2.45) is 0 Å². The van der Waals surface area contributed by atoms with Crippen LogP contribution in [0.5, 0.6) is 0 Å². The minimum Gasteiger partial charge on any atom is -0.336 e. The van der Waals surface area contributed by atoms with Crippen LogP contribution < -0.4 is 20.9 Å². The molecule has 0 unspecified atom stereocenters. The van der Waals surface area contributed by atoms with Gasteiger partial charge in [-0.3, -0.25) is 4.90 Å². The second-order valence-electron chi connectivity index (χ2n) is 5.51. The van der Waals surface area contributed by atoms with Gasteiger partial charge in [-0.15, -0.1) is 0 Å². The summed E-state index contributed by atoms with van der Waals surface area (Å²) in [4.78, 5) is 25.1. The van der Waals surface area contributed by atoms with E-state index in [0.29, 0.717) is 19.1 Å². The van der Waals surface area contributed by atoms with Crippen molar-refractivity contribution in [1.29, 1.82) is 0 Å². The Kier molecular flexibility index (Phi) is 3.94. The maximum atomic E-state index is 11.9. The first-order chi connectivity index (χ1) is 10.2. The van der Waals surface area contributed by atoms with E-state index in [1.54, 1.807) is 4.90 Å². The van der Waals surface area contributed by atoms with Gasteiger partial charge in [-0.2, -0.15) is 0 Å². The molecule has 6 heteroatoms. The summed E-state index contributed by atoms with van der Waals surface area (Å²) in [5, 5.41) is 8.57. The number of nitrogens with one attached hydrogen (secondary N) is 3. The van der Waals surface area contributed by atoms with Crippen LogP contribution in [0.1, 0.15) is 25.7 Å². The van der Waals surface area contributed by atoms with Crippen LogP contribution in [0.4, 0.5) is 21.0 Å². The third-order valence-corrected chi connectivity index (χ3v) is 3.98. The minimum atomic E-state index is -0.159. The van der Waals surface area contributed by atoms with Crippen LogP contribution in [0.15, 0.2) is 24.3 Å². The summed E-state index contributed by atoms with van der Waals surface area (Å²) in [6.45, 7) is 1.34. The van der Waals surface area contributed by atoms with Gasteiger partial charge < -0.3 is 16.0 Å². The van der Waals surface area contributed by atoms with Crippen LogP contribution in [0.25, 0.3) is 0 Å². The Balaban J connectivity index is 1.56. The van der Waals surface area contributed by atoms with Crippen molar-refractivity contribution in [3.63, 3.8) is 0 Å². The SMILES string of the molecule is O=C(Nc1ccc(N2CCNC2=O)cc1)NC1CCCC1. The monoisotopic (exact) mass is 288 g/mol. The lowest BCUT2D eigenvalue weighted by Crippen LogP contribution is -2.36. The molecule has 1 aliphatic carbocycles. The molecular weight excluding hydrogens is 268 g/mol. The van der Waals surface area contributed by atoms with Crippen molar-refractivity contribution in [1.82, 2.24) is 10.6 Å². The number of urea groups is 2. The lowest BCUT2D eigenvalue weighted by atomic mass is 10.2. The molecule has 3 rings (SSSR count). The molecule has 0 bridgehead atoms. The highest BCUT2D eigenvalue weighted by molar-refractivity contribution is 5.94. The molecule has 2 aliphatic rings. The van der Waals surface area contributed by atoms with Gasteiger partial charge in [0.05, 0.1) is 0 Å². The van der Waals surface area contributed by atoms with E-state index in [0.717, 1.165) is 24.2 Å². The highest BCUT2D eigenvalue weighted by Gasteiger charge is 2.21. The Labute approximate surface area is 123 Å². The van der Waals surface area contributed by atoms with Crippen molar-refractivity contribution in [2.75, 3.05) is 23.3 Å². The molecule has 1 saturated heterocycles. The summed E-state index contributed by atoms with van der Waals surface area (Å²) < 4.78 is 0. The number of hydrogen-bond donors (Lipinski definition) is 3. The largest absolute Gasteiger partial charge is 0.336 e. The average molecular weight is 288 g/mol. The van der Waals surface area contributed by atoms with Crippen molar-refractivity contribution >= 4 is 23.4 Å². The molecule has 112 valence electrons. The molecule has 1 aliphatic heterocycles. The summed E-state index contributed by atoms with van der Waals surface area (Å²) in [6.07, 6.45) is 4.52. The molecule has 21 heavy (non-hydrogen) atoms. The fourth-order valence-corrected chi connectivity index (χ4v) is 2.87. The van der Waals surface area contributed by atoms with Crippen LogP contribution in [0.3, 0.4) is 0 Å². The zero-order valence-electron chi connectivity index (χ0n) is 11.9. The van der Waals surface area contributed by atoms with Gasteiger partial charge in [0, 0.05) is 30.5 Å². The van der Waals surface area contributed by atoms with E-state index in [1.165, 1.54) is 12.8 Å². The fourth-order valence-electron chi connectivity index (χ4n) is 2.87. The Bertz CT molecular complexity index is 523. The van der Waals surface area contributed by atoms with Gasteiger partial charge in [0.1, 0.15) is 0 Å². The molecule has 1 saturated carbocycles. The summed E-state index contributed by atoms with van der Waals surface area (Å²) in [5.41, 5.74) is 1.57. The van der Waals surface area contributed by atoms with Crippen molar-refractivity contribution in [3.05, 3.63) is 24.3 Å². The molecule has 6 nitrogen and oxygen atoms in total. The van der Waals surface area contributed by atoms with E-state index in [2.05, 4.69) is 16.0 Å². The summed E-state index contributed by atoms with van der Waals surface area (Å²) in [7, 11) is 0. The van der Waals surface area contributed by atoms with Crippen LogP contribution in [0.2, 0.25) is 0 Å². The van der Waals surface area contributed by atoms with Crippen LogP contribution in [0, 0.1) is 0 Å². The second-order valence-corrected chi connectivity index (χ2v) is 5.51. The van der Waals surface area contributed by atoms with E-state index >= 15 is 0 Å². The van der Waals surface area contributed by atoms with Gasteiger partial charge in [0.15, 0.2) is 0 Å². The van der Waals surface area contributed by atoms with Crippen molar-refractivity contribution in [2.45, 2.75) is 31.7 Å². The number of hydrogen-bond acceptors (Lipinski definition) is 2. The molecule has 3 N–H and O–H groups in total. The van der Waals surface area contributed by atoms with Crippen LogP contribution >= 0.6 is 0 Å². The van der Waals surface area contributed by atoms with Crippen LogP contribution in [-0.2, 0) is 0 Å². The third-order valence-electron chi connectivity index (χ3n) is 3.98. The molecule has 2 fully saturated rings. The fraction of sp³-hybridized carbons (Fsp3) is 0.467. The highest BCUT2D eigenvalue weighted by atomic mass is 16.2. The van der Waals surface area contributed by atoms with E-state index < -0.39 is 0 Å². The molecule has 1 aromatic carbocycles. The highest BCUT2D eigenvalue weighted by Crippen LogP contribution is 2.20. The Morgan fingerprint density at radius 2 is 1.90 bits per heavy atom. The summed E-state index contributed by atoms with van der Waals surface area (Å²) >= 11 is 0. The maximum absolute atomic E-state index is 11.9. The first-order valence-corrected chi connectivity index (χ1v) is 7.45. The summed E-state index contributed by atoms with van der Waals surface area (Å²) in [5.74, 6) is 0. The topological polar surface area (TPSA) is 73.5 Å². The number of anilines is 2. The lowest BCUT2D eigenvalue weighted by molar-refractivity contribution is 0.248. The second kappa shape index (κ2) is 6.03. The normalized spacial score (nSPS) is 18.7. The average Bonchev–Trinajstić information content (AvgIpc) is 3.11. The molecular formula is C15H20N4O2. The molecule has 1 heterocycles. The van der Waals surface area contributed by atoms with Crippen molar-refractivity contribution in [3.8, 4) is 0 Å². The molecule has 1 aromatic rings. The lowest BCUT2D eigenvalue weighted by Gasteiger charge is -2.16. The van der Waals surface area contributed by atoms with E-state index in [4.69, 9.17) is 0 Å². The van der Waals surface area contributed by atoms with E-state index in [-0.39, 0.29) is 12.1 Å². The number of amides is 4. The van der Waals surface area contributed by atoms with Gasteiger partial charge in [-0.05, 0) is 37.1 Å². The zero-order valence-corrected chi connectivity index (χ0v) is 11.9. The van der Waals surface area contributed by atoms with Gasteiger partial charge in [0.2, 0.25) is 0 Å². The molecule has 0 radical (unpaired) electrons. The predicted molar refractivity (Wildman–Crippen MR) is 81.6 cm³/mol. The maximum Gasteiger partial charge on any atom is 0.321 e. The van der Waals surface area contributed by atoms with Crippen molar-refractivity contribution < 1.29 is 9.59 Å². The smallest absolute Gasteiger partial charge is 0.321 e. The Hall–Kier alpha value is -2.24.